The average molecular weight is 575 g/mol. The molecule has 2 N–H and O–H groups in total. The first-order valence-corrected chi connectivity index (χ1v) is 13.1. The number of carbonyl (C=O) groups is 2. The number of carbonyl (C=O) groups excluding carboxylic acids is 2. The first-order valence-electron chi connectivity index (χ1n) is 11.9. The minimum Gasteiger partial charge on any atom is -0.503 e. The van der Waals surface area contributed by atoms with E-state index in [2.05, 4.69) is 21.2 Å². The summed E-state index contributed by atoms with van der Waals surface area (Å²) in [5, 5.41) is 14.4. The number of hydrogen-bond acceptors (Lipinski definition) is 6. The maximum atomic E-state index is 13.7. The van der Waals surface area contributed by atoms with E-state index in [1.54, 1.807) is 12.1 Å². The Morgan fingerprint density at radius 2 is 1.92 bits per heavy atom. The first-order chi connectivity index (χ1) is 17.1. The van der Waals surface area contributed by atoms with Crippen LogP contribution in [0.2, 0.25) is 5.02 Å². The summed E-state index contributed by atoms with van der Waals surface area (Å²) in [5.74, 6) is -0.993. The van der Waals surface area contributed by atoms with Crippen molar-refractivity contribution in [3.63, 3.8) is 0 Å². The lowest BCUT2D eigenvalue weighted by Gasteiger charge is -2.37. The van der Waals surface area contributed by atoms with Gasteiger partial charge in [0.05, 0.1) is 23.3 Å². The summed E-state index contributed by atoms with van der Waals surface area (Å²) in [4.78, 5) is 27.1. The van der Waals surface area contributed by atoms with Gasteiger partial charge in [0.25, 0.3) is 0 Å². The van der Waals surface area contributed by atoms with Gasteiger partial charge >= 0.3 is 5.97 Å². The lowest BCUT2D eigenvalue weighted by atomic mass is 9.71. The predicted molar refractivity (Wildman–Crippen MR) is 142 cm³/mol. The molecule has 8 heteroatoms. The topological polar surface area (TPSA) is 84.9 Å². The maximum Gasteiger partial charge on any atom is 0.337 e. The van der Waals surface area contributed by atoms with Crippen molar-refractivity contribution in [2.75, 3.05) is 7.11 Å². The fourth-order valence-corrected chi connectivity index (χ4v) is 5.44. The Morgan fingerprint density at radius 3 is 2.56 bits per heavy atom. The molecule has 2 aromatic rings. The summed E-state index contributed by atoms with van der Waals surface area (Å²) < 4.78 is 11.5. The van der Waals surface area contributed by atoms with E-state index in [4.69, 9.17) is 21.1 Å². The zero-order chi connectivity index (χ0) is 26.1. The molecule has 190 valence electrons. The van der Waals surface area contributed by atoms with Crippen molar-refractivity contribution in [3.05, 3.63) is 79.6 Å². The number of phenols is 1. The molecule has 36 heavy (non-hydrogen) atoms. The summed E-state index contributed by atoms with van der Waals surface area (Å²) in [6, 6.07) is 11.0. The second-order valence-corrected chi connectivity index (χ2v) is 10.5. The number of esters is 1. The first kappa shape index (κ1) is 26.3. The van der Waals surface area contributed by atoms with Crippen molar-refractivity contribution in [1.82, 2.24) is 5.32 Å². The van der Waals surface area contributed by atoms with Crippen LogP contribution in [0.3, 0.4) is 0 Å². The summed E-state index contributed by atoms with van der Waals surface area (Å²) in [7, 11) is 1.46. The molecular formula is C28H29BrClNO5. The van der Waals surface area contributed by atoms with E-state index in [0.717, 1.165) is 11.3 Å². The minimum atomic E-state index is -0.665. The number of phenolic OH excluding ortho intramolecular Hbond substituents is 1. The molecule has 1 heterocycles. The van der Waals surface area contributed by atoms with Gasteiger partial charge in [0, 0.05) is 34.3 Å². The number of nitrogens with one attached hydrogen (secondary N) is 1. The molecule has 6 nitrogen and oxygen atoms in total. The molecule has 0 unspecified atom stereocenters. The highest BCUT2D eigenvalue weighted by Crippen LogP contribution is 2.48. The van der Waals surface area contributed by atoms with E-state index in [-0.39, 0.29) is 29.3 Å². The van der Waals surface area contributed by atoms with E-state index in [0.29, 0.717) is 51.2 Å². The Balaban J connectivity index is 1.84. The standard InChI is InChI=1S/C28H29BrClNO5/c1-5-14(2)36-28(34)24-15(3)31-21-11-17(16-6-8-19(30)9-7-16)12-22(32)26(21)25(24)18-10-20(29)27(33)23(13-18)35-4/h6-10,13-14,17,25,31,33H,5,11-12H2,1-4H3/t14-,17+,25-/m1/s1. The van der Waals surface area contributed by atoms with Crippen molar-refractivity contribution < 1.29 is 24.2 Å². The van der Waals surface area contributed by atoms with Gasteiger partial charge in [0.1, 0.15) is 0 Å². The molecule has 0 amide bonds. The zero-order valence-electron chi connectivity index (χ0n) is 20.7. The molecule has 0 saturated carbocycles. The van der Waals surface area contributed by atoms with Crippen molar-refractivity contribution in [3.8, 4) is 11.5 Å². The molecule has 1 aliphatic carbocycles. The van der Waals surface area contributed by atoms with Crippen molar-refractivity contribution in [1.29, 1.82) is 0 Å². The zero-order valence-corrected chi connectivity index (χ0v) is 23.0. The highest BCUT2D eigenvalue weighted by atomic mass is 79.9. The minimum absolute atomic E-state index is 0.0100. The van der Waals surface area contributed by atoms with Gasteiger partial charge in [-0.15, -0.1) is 0 Å². The molecular weight excluding hydrogens is 546 g/mol. The normalized spacial score (nSPS) is 20.6. The van der Waals surface area contributed by atoms with Crippen LogP contribution in [0.1, 0.15) is 63.0 Å². The van der Waals surface area contributed by atoms with E-state index in [9.17, 15) is 14.7 Å². The second-order valence-electron chi connectivity index (χ2n) is 9.25. The Kier molecular flexibility index (Phi) is 7.81. The Morgan fingerprint density at radius 1 is 1.22 bits per heavy atom. The Bertz CT molecular complexity index is 1270. The molecule has 2 aromatic carbocycles. The van der Waals surface area contributed by atoms with E-state index in [1.807, 2.05) is 45.0 Å². The second kappa shape index (κ2) is 10.7. The molecule has 0 fully saturated rings. The number of rotatable bonds is 6. The number of dihydropyridines is 1. The molecule has 2 aliphatic rings. The van der Waals surface area contributed by atoms with Crippen LogP contribution in [-0.2, 0) is 14.3 Å². The largest absolute Gasteiger partial charge is 0.503 e. The Hall–Kier alpha value is -2.77. The van der Waals surface area contributed by atoms with Crippen molar-refractivity contribution in [2.24, 2.45) is 0 Å². The van der Waals surface area contributed by atoms with Crippen molar-refractivity contribution >= 4 is 39.3 Å². The maximum absolute atomic E-state index is 13.7. The fourth-order valence-electron chi connectivity index (χ4n) is 4.86. The lowest BCUT2D eigenvalue weighted by Crippen LogP contribution is -2.36. The van der Waals surface area contributed by atoms with E-state index >= 15 is 0 Å². The van der Waals surface area contributed by atoms with Crippen LogP contribution in [0.4, 0.5) is 0 Å². The summed E-state index contributed by atoms with van der Waals surface area (Å²) in [6.45, 7) is 5.61. The SMILES string of the molecule is CC[C@@H](C)OC(=O)C1=C(C)NC2=C(C(=O)C[C@@H](c3ccc(Cl)cc3)C2)[C@@H]1c1cc(Br)c(O)c(OC)c1. The van der Waals surface area contributed by atoms with Gasteiger partial charge in [0.15, 0.2) is 17.3 Å². The third kappa shape index (κ3) is 5.04. The van der Waals surface area contributed by atoms with Crippen molar-refractivity contribution in [2.45, 2.75) is 58.0 Å². The van der Waals surface area contributed by atoms with Gasteiger partial charge in [-0.1, -0.05) is 30.7 Å². The molecule has 3 atom stereocenters. The van der Waals surface area contributed by atoms with Gasteiger partial charge in [-0.05, 0) is 83.9 Å². The molecule has 1 aliphatic heterocycles. The fraction of sp³-hybridized carbons (Fsp3) is 0.357. The van der Waals surface area contributed by atoms with Crippen LogP contribution < -0.4 is 10.1 Å². The van der Waals surface area contributed by atoms with Gasteiger partial charge in [-0.25, -0.2) is 4.79 Å². The summed E-state index contributed by atoms with van der Waals surface area (Å²) in [6.07, 6.45) is 1.32. The number of allylic oxidation sites excluding steroid dienone is 3. The van der Waals surface area contributed by atoms with Crippen LogP contribution >= 0.6 is 27.5 Å². The summed E-state index contributed by atoms with van der Waals surface area (Å²) in [5.41, 5.74) is 4.04. The van der Waals surface area contributed by atoms with Crippen LogP contribution in [0.5, 0.6) is 11.5 Å². The number of ether oxygens (including phenoxy) is 2. The summed E-state index contributed by atoms with van der Waals surface area (Å²) >= 11 is 9.45. The van der Waals surface area contributed by atoms with Gasteiger partial charge in [-0.3, -0.25) is 4.79 Å². The molecule has 0 spiro atoms. The van der Waals surface area contributed by atoms with Crippen LogP contribution in [0.25, 0.3) is 0 Å². The third-order valence-electron chi connectivity index (χ3n) is 6.88. The monoisotopic (exact) mass is 573 g/mol. The van der Waals surface area contributed by atoms with Crippen LogP contribution in [0, 0.1) is 0 Å². The highest BCUT2D eigenvalue weighted by molar-refractivity contribution is 9.10. The number of hydrogen-bond donors (Lipinski definition) is 2. The molecule has 0 bridgehead atoms. The molecule has 0 saturated heterocycles. The molecule has 0 aromatic heterocycles. The van der Waals surface area contributed by atoms with E-state index < -0.39 is 11.9 Å². The predicted octanol–water partition coefficient (Wildman–Crippen LogP) is 6.52. The number of halogens is 2. The van der Waals surface area contributed by atoms with Gasteiger partial charge < -0.3 is 19.9 Å². The highest BCUT2D eigenvalue weighted by Gasteiger charge is 2.42. The smallest absolute Gasteiger partial charge is 0.337 e. The number of ketones is 1. The average Bonchev–Trinajstić information content (AvgIpc) is 2.84. The van der Waals surface area contributed by atoms with Crippen LogP contribution in [-0.4, -0.2) is 30.1 Å². The van der Waals surface area contributed by atoms with E-state index in [1.165, 1.54) is 7.11 Å². The lowest BCUT2D eigenvalue weighted by molar-refractivity contribution is -0.144. The van der Waals surface area contributed by atoms with Gasteiger partial charge in [0.2, 0.25) is 0 Å². The number of Topliss-reactive ketones (excluding diaryl/α,β-unsaturated/α-hetero) is 1. The Labute approximate surface area is 224 Å². The number of methoxy groups -OCH3 is 1. The van der Waals surface area contributed by atoms with Crippen LogP contribution in [0.15, 0.2) is 63.4 Å². The van der Waals surface area contributed by atoms with Gasteiger partial charge in [-0.2, -0.15) is 0 Å². The quantitative estimate of drug-likeness (QED) is 0.382. The third-order valence-corrected chi connectivity index (χ3v) is 7.73. The number of aromatic hydroxyl groups is 1. The number of benzene rings is 2. The molecule has 4 rings (SSSR count). The molecule has 0 radical (unpaired) electrons.